The zero-order valence-corrected chi connectivity index (χ0v) is 14.5. The van der Waals surface area contributed by atoms with Gasteiger partial charge in [-0.25, -0.2) is 0 Å². The van der Waals surface area contributed by atoms with Gasteiger partial charge in [0.25, 0.3) is 0 Å². The number of carbonyl (C=O) groups excluding carboxylic acids is 1. The molecule has 2 aromatic carbocycles. The number of aliphatic hydroxyl groups excluding tert-OH is 1. The molecule has 0 saturated heterocycles. The van der Waals surface area contributed by atoms with E-state index in [4.69, 9.17) is 4.74 Å². The molecule has 0 unspecified atom stereocenters. The van der Waals surface area contributed by atoms with Crippen molar-refractivity contribution in [2.75, 3.05) is 0 Å². The Morgan fingerprint density at radius 1 is 1.08 bits per heavy atom. The summed E-state index contributed by atoms with van der Waals surface area (Å²) in [6.45, 7) is 3.81. The Kier molecular flexibility index (Phi) is 3.87. The highest BCUT2D eigenvalue weighted by Gasteiger charge is 2.49. The van der Waals surface area contributed by atoms with E-state index in [1.807, 2.05) is 50.2 Å². The number of hydrogen-bond donors (Lipinski definition) is 1. The summed E-state index contributed by atoms with van der Waals surface area (Å²) < 4.78 is 6.04. The van der Waals surface area contributed by atoms with Gasteiger partial charge in [-0.2, -0.15) is 0 Å². The van der Waals surface area contributed by atoms with E-state index in [1.165, 1.54) is 5.56 Å². The summed E-state index contributed by atoms with van der Waals surface area (Å²) >= 11 is 0. The lowest BCUT2D eigenvalue weighted by Gasteiger charge is -2.34. The van der Waals surface area contributed by atoms with Gasteiger partial charge in [-0.3, -0.25) is 4.79 Å². The number of fused-ring (bicyclic) bond motifs is 3. The second-order valence-electron chi connectivity index (χ2n) is 7.21. The molecule has 128 valence electrons. The molecule has 1 N–H and O–H groups in total. The van der Waals surface area contributed by atoms with E-state index in [2.05, 4.69) is 18.2 Å². The molecular weight excluding hydrogens is 312 g/mol. The lowest BCUT2D eigenvalue weighted by Crippen LogP contribution is -2.39. The van der Waals surface area contributed by atoms with Crippen molar-refractivity contribution in [3.63, 3.8) is 0 Å². The van der Waals surface area contributed by atoms with Crippen LogP contribution in [-0.2, 0) is 4.79 Å². The third-order valence-corrected chi connectivity index (χ3v) is 5.36. The summed E-state index contributed by atoms with van der Waals surface area (Å²) in [4.78, 5) is 13.1. The Morgan fingerprint density at radius 3 is 2.48 bits per heavy atom. The second-order valence-corrected chi connectivity index (χ2v) is 7.21. The first-order valence-corrected chi connectivity index (χ1v) is 8.84. The van der Waals surface area contributed by atoms with Crippen LogP contribution in [0.25, 0.3) is 0 Å². The average Bonchev–Trinajstić information content (AvgIpc) is 3.02. The number of allylic oxidation sites excluding steroid dienone is 1. The molecule has 3 atom stereocenters. The molecule has 0 spiro atoms. The van der Waals surface area contributed by atoms with Crippen LogP contribution in [-0.4, -0.2) is 17.0 Å². The van der Waals surface area contributed by atoms with Crippen LogP contribution in [0.1, 0.15) is 43.2 Å². The fourth-order valence-corrected chi connectivity index (χ4v) is 4.10. The minimum Gasteiger partial charge on any atom is -0.512 e. The summed E-state index contributed by atoms with van der Waals surface area (Å²) in [7, 11) is 0. The van der Waals surface area contributed by atoms with Crippen LogP contribution in [0.5, 0.6) is 5.75 Å². The molecule has 3 nitrogen and oxygen atoms in total. The number of ether oxygens (including phenoxy) is 1. The zero-order valence-electron chi connectivity index (χ0n) is 14.5. The molecule has 0 amide bonds. The SMILES string of the molecule is CC(C)/C(O)=C1\C[C@H](c2ccccc2)[C@H]2c3ccccc3O[C@H]2C1=O. The minimum atomic E-state index is -0.549. The number of Topliss-reactive ketones (excluding diaryl/α,β-unsaturated/α-hetero) is 1. The molecule has 4 rings (SSSR count). The smallest absolute Gasteiger partial charge is 0.203 e. The van der Waals surface area contributed by atoms with Crippen LogP contribution in [0, 0.1) is 5.92 Å². The highest BCUT2D eigenvalue weighted by atomic mass is 16.5. The molecule has 3 heteroatoms. The Bertz CT molecular complexity index is 835. The van der Waals surface area contributed by atoms with Crippen LogP contribution < -0.4 is 4.74 Å². The van der Waals surface area contributed by atoms with Crippen LogP contribution in [0.2, 0.25) is 0 Å². The number of carbonyl (C=O) groups is 1. The normalized spacial score (nSPS) is 26.8. The van der Waals surface area contributed by atoms with E-state index < -0.39 is 6.10 Å². The fraction of sp³-hybridized carbons (Fsp3) is 0.318. The van der Waals surface area contributed by atoms with Gasteiger partial charge in [-0.05, 0) is 24.0 Å². The minimum absolute atomic E-state index is 0.00480. The summed E-state index contributed by atoms with van der Waals surface area (Å²) in [5, 5.41) is 10.5. The van der Waals surface area contributed by atoms with E-state index in [9.17, 15) is 9.90 Å². The Labute approximate surface area is 148 Å². The molecule has 1 aliphatic carbocycles. The predicted molar refractivity (Wildman–Crippen MR) is 96.9 cm³/mol. The predicted octanol–water partition coefficient (Wildman–Crippen LogP) is 4.76. The van der Waals surface area contributed by atoms with Crippen molar-refractivity contribution in [2.24, 2.45) is 5.92 Å². The van der Waals surface area contributed by atoms with Gasteiger partial charge >= 0.3 is 0 Å². The second kappa shape index (κ2) is 6.07. The summed E-state index contributed by atoms with van der Waals surface area (Å²) in [5.74, 6) is 0.953. The van der Waals surface area contributed by atoms with Gasteiger partial charge in [0.15, 0.2) is 6.10 Å². The topological polar surface area (TPSA) is 46.5 Å². The van der Waals surface area contributed by atoms with Gasteiger partial charge in [0, 0.05) is 23.0 Å². The van der Waals surface area contributed by atoms with E-state index >= 15 is 0 Å². The molecule has 1 saturated carbocycles. The maximum atomic E-state index is 13.1. The molecule has 1 heterocycles. The van der Waals surface area contributed by atoms with Gasteiger partial charge in [0.05, 0.1) is 0 Å². The number of ketones is 1. The van der Waals surface area contributed by atoms with E-state index in [1.54, 1.807) is 0 Å². The molecule has 0 bridgehead atoms. The van der Waals surface area contributed by atoms with Crippen molar-refractivity contribution in [1.82, 2.24) is 0 Å². The largest absolute Gasteiger partial charge is 0.512 e. The summed E-state index contributed by atoms with van der Waals surface area (Å²) in [6, 6.07) is 18.1. The number of benzene rings is 2. The standard InChI is InChI=1S/C22H22O3/c1-13(2)20(23)17-12-16(14-8-4-3-5-9-14)19-15-10-6-7-11-18(15)25-22(19)21(17)24/h3-11,13,16,19,22-23H,12H2,1-2H3/b20-17-/t16-,19-,22-/m1/s1. The molecule has 0 aromatic heterocycles. The van der Waals surface area contributed by atoms with Crippen molar-refractivity contribution < 1.29 is 14.6 Å². The average molecular weight is 334 g/mol. The Hall–Kier alpha value is -2.55. The lowest BCUT2D eigenvalue weighted by atomic mass is 9.69. The molecule has 2 aliphatic rings. The lowest BCUT2D eigenvalue weighted by molar-refractivity contribution is -0.124. The van der Waals surface area contributed by atoms with Crippen LogP contribution in [0.15, 0.2) is 65.9 Å². The van der Waals surface area contributed by atoms with E-state index in [-0.39, 0.29) is 29.3 Å². The van der Waals surface area contributed by atoms with Crippen molar-refractivity contribution >= 4 is 5.78 Å². The number of para-hydroxylation sites is 1. The van der Waals surface area contributed by atoms with Crippen molar-refractivity contribution in [3.8, 4) is 5.75 Å². The highest BCUT2D eigenvalue weighted by Crippen LogP contribution is 2.52. The first-order valence-electron chi connectivity index (χ1n) is 8.84. The molecule has 25 heavy (non-hydrogen) atoms. The number of hydrogen-bond acceptors (Lipinski definition) is 3. The van der Waals surface area contributed by atoms with Gasteiger partial charge < -0.3 is 9.84 Å². The van der Waals surface area contributed by atoms with Gasteiger partial charge in [0.2, 0.25) is 5.78 Å². The molecule has 1 aliphatic heterocycles. The van der Waals surface area contributed by atoms with Crippen molar-refractivity contribution in [1.29, 1.82) is 0 Å². The first-order chi connectivity index (χ1) is 12.1. The summed E-state index contributed by atoms with van der Waals surface area (Å²) in [6.07, 6.45) is -0.00149. The van der Waals surface area contributed by atoms with Gasteiger partial charge in [0.1, 0.15) is 11.5 Å². The first kappa shape index (κ1) is 15.9. The van der Waals surface area contributed by atoms with E-state index in [0.29, 0.717) is 12.0 Å². The third kappa shape index (κ3) is 2.55. The Morgan fingerprint density at radius 2 is 1.76 bits per heavy atom. The van der Waals surface area contributed by atoms with Crippen LogP contribution in [0.3, 0.4) is 0 Å². The van der Waals surface area contributed by atoms with E-state index in [0.717, 1.165) is 11.3 Å². The quantitative estimate of drug-likeness (QED) is 0.636. The third-order valence-electron chi connectivity index (χ3n) is 5.36. The monoisotopic (exact) mass is 334 g/mol. The molecule has 2 aromatic rings. The molecule has 1 fully saturated rings. The van der Waals surface area contributed by atoms with Crippen LogP contribution in [0.4, 0.5) is 0 Å². The maximum absolute atomic E-state index is 13.1. The molecule has 0 radical (unpaired) electrons. The fourth-order valence-electron chi connectivity index (χ4n) is 4.10. The van der Waals surface area contributed by atoms with Gasteiger partial charge in [-0.15, -0.1) is 0 Å². The maximum Gasteiger partial charge on any atom is 0.203 e. The van der Waals surface area contributed by atoms with Crippen molar-refractivity contribution in [3.05, 3.63) is 77.1 Å². The van der Waals surface area contributed by atoms with Crippen molar-refractivity contribution in [2.45, 2.75) is 38.2 Å². The Balaban J connectivity index is 1.86. The van der Waals surface area contributed by atoms with Crippen LogP contribution >= 0.6 is 0 Å². The number of aliphatic hydroxyl groups is 1. The zero-order chi connectivity index (χ0) is 17.6. The molecular formula is C22H22O3. The van der Waals surface area contributed by atoms with Gasteiger partial charge in [-0.1, -0.05) is 62.4 Å². The summed E-state index contributed by atoms with van der Waals surface area (Å²) in [5.41, 5.74) is 2.80. The highest BCUT2D eigenvalue weighted by molar-refractivity contribution is 6.02. The number of rotatable bonds is 2.